The molecule has 0 spiro atoms. The lowest BCUT2D eigenvalue weighted by molar-refractivity contribution is 0.222. The van der Waals surface area contributed by atoms with E-state index < -0.39 is 5.54 Å². The smallest absolute Gasteiger partial charge is 0.128 e. The molecule has 2 rings (SSSR count). The first-order valence-corrected chi connectivity index (χ1v) is 4.35. The molecule has 0 saturated heterocycles. The summed E-state index contributed by atoms with van der Waals surface area (Å²) in [5.74, 6) is 0.929. The second-order valence-electron chi connectivity index (χ2n) is 3.67. The van der Waals surface area contributed by atoms with Crippen LogP contribution < -0.4 is 10.5 Å². The van der Waals surface area contributed by atoms with Crippen LogP contribution >= 0.6 is 0 Å². The third-order valence-electron chi connectivity index (χ3n) is 2.45. The molecule has 3 heteroatoms. The molecule has 1 aliphatic rings. The molecule has 3 nitrogen and oxygen atoms in total. The summed E-state index contributed by atoms with van der Waals surface area (Å²) >= 11 is 0. The zero-order chi connectivity index (χ0) is 9.47. The quantitative estimate of drug-likeness (QED) is 0.632. The van der Waals surface area contributed by atoms with Crippen LogP contribution in [0, 0.1) is 0 Å². The van der Waals surface area contributed by atoms with E-state index >= 15 is 0 Å². The van der Waals surface area contributed by atoms with E-state index in [0.717, 1.165) is 12.0 Å². The van der Waals surface area contributed by atoms with Crippen LogP contribution in [0.1, 0.15) is 18.9 Å². The van der Waals surface area contributed by atoms with E-state index in [1.807, 2.05) is 13.0 Å². The van der Waals surface area contributed by atoms with E-state index in [2.05, 4.69) is 0 Å². The molecular weight excluding hydrogens is 166 g/mol. The lowest BCUT2D eigenvalue weighted by Crippen LogP contribution is -2.38. The third-order valence-corrected chi connectivity index (χ3v) is 2.45. The van der Waals surface area contributed by atoms with Crippen LogP contribution in [0.5, 0.6) is 11.5 Å². The van der Waals surface area contributed by atoms with Crippen molar-refractivity contribution in [2.75, 3.05) is 6.61 Å². The number of benzene rings is 1. The van der Waals surface area contributed by atoms with Gasteiger partial charge in [0.05, 0.1) is 12.2 Å². The van der Waals surface area contributed by atoms with Crippen LogP contribution in [0.2, 0.25) is 0 Å². The normalized spacial score (nSPS) is 26.3. The molecule has 0 fully saturated rings. The van der Waals surface area contributed by atoms with Crippen molar-refractivity contribution in [1.82, 2.24) is 0 Å². The van der Waals surface area contributed by atoms with Gasteiger partial charge in [0.2, 0.25) is 0 Å². The van der Waals surface area contributed by atoms with Gasteiger partial charge >= 0.3 is 0 Å². The summed E-state index contributed by atoms with van der Waals surface area (Å²) in [6.07, 6.45) is 0.734. The van der Waals surface area contributed by atoms with Gasteiger partial charge in [0.1, 0.15) is 11.5 Å². The largest absolute Gasteiger partial charge is 0.507 e. The molecule has 1 unspecified atom stereocenters. The summed E-state index contributed by atoms with van der Waals surface area (Å²) in [7, 11) is 0. The summed E-state index contributed by atoms with van der Waals surface area (Å²) in [5.41, 5.74) is 6.30. The van der Waals surface area contributed by atoms with Gasteiger partial charge in [-0.25, -0.2) is 0 Å². The minimum Gasteiger partial charge on any atom is -0.507 e. The third kappa shape index (κ3) is 1.25. The Morgan fingerprint density at radius 2 is 2.31 bits per heavy atom. The van der Waals surface area contributed by atoms with Gasteiger partial charge < -0.3 is 15.6 Å². The molecule has 1 aromatic carbocycles. The van der Waals surface area contributed by atoms with Crippen LogP contribution in [-0.4, -0.2) is 11.7 Å². The molecule has 0 aromatic heterocycles. The predicted octanol–water partition coefficient (Wildman–Crippen LogP) is 1.35. The number of phenols is 1. The van der Waals surface area contributed by atoms with Gasteiger partial charge in [-0.2, -0.15) is 0 Å². The fraction of sp³-hybridized carbons (Fsp3) is 0.400. The average molecular weight is 179 g/mol. The first-order chi connectivity index (χ1) is 6.11. The highest BCUT2D eigenvalue weighted by Crippen LogP contribution is 2.40. The summed E-state index contributed by atoms with van der Waals surface area (Å²) in [4.78, 5) is 0. The topological polar surface area (TPSA) is 55.5 Å². The van der Waals surface area contributed by atoms with Crippen molar-refractivity contribution in [1.29, 1.82) is 0 Å². The monoisotopic (exact) mass is 179 g/mol. The van der Waals surface area contributed by atoms with Crippen molar-refractivity contribution in [2.45, 2.75) is 18.9 Å². The van der Waals surface area contributed by atoms with Crippen LogP contribution in [-0.2, 0) is 5.54 Å². The van der Waals surface area contributed by atoms with Crippen molar-refractivity contribution < 1.29 is 9.84 Å². The molecule has 13 heavy (non-hydrogen) atoms. The number of hydrogen-bond donors (Lipinski definition) is 2. The minimum absolute atomic E-state index is 0.224. The highest BCUT2D eigenvalue weighted by molar-refractivity contribution is 5.49. The molecule has 1 heterocycles. The van der Waals surface area contributed by atoms with Crippen LogP contribution in [0.15, 0.2) is 18.2 Å². The number of phenolic OH excluding ortho intramolecular Hbond substituents is 1. The first kappa shape index (κ1) is 8.38. The summed E-state index contributed by atoms with van der Waals surface area (Å²) < 4.78 is 5.40. The van der Waals surface area contributed by atoms with Crippen molar-refractivity contribution in [2.24, 2.45) is 5.73 Å². The molecule has 1 atom stereocenters. The Morgan fingerprint density at radius 3 is 3.00 bits per heavy atom. The number of fused-ring (bicyclic) bond motifs is 1. The lowest BCUT2D eigenvalue weighted by atomic mass is 9.87. The zero-order valence-corrected chi connectivity index (χ0v) is 7.58. The molecule has 0 saturated carbocycles. The van der Waals surface area contributed by atoms with Gasteiger partial charge in [-0.3, -0.25) is 0 Å². The minimum atomic E-state index is -0.473. The van der Waals surface area contributed by atoms with Gasteiger partial charge in [-0.1, -0.05) is 6.07 Å². The van der Waals surface area contributed by atoms with E-state index in [0.29, 0.717) is 12.4 Å². The SMILES string of the molecule is CC1(N)CCOc2cccc(O)c21. The van der Waals surface area contributed by atoms with E-state index in [1.165, 1.54) is 0 Å². The lowest BCUT2D eigenvalue weighted by Gasteiger charge is -2.32. The second kappa shape index (κ2) is 2.64. The summed E-state index contributed by atoms with van der Waals surface area (Å²) in [6, 6.07) is 5.23. The maximum Gasteiger partial charge on any atom is 0.128 e. The Bertz CT molecular complexity index is 334. The van der Waals surface area contributed by atoms with Gasteiger partial charge in [0, 0.05) is 12.0 Å². The second-order valence-corrected chi connectivity index (χ2v) is 3.67. The average Bonchev–Trinajstić information content (AvgIpc) is 2.02. The molecule has 3 N–H and O–H groups in total. The Labute approximate surface area is 77.1 Å². The number of aromatic hydroxyl groups is 1. The number of ether oxygens (including phenoxy) is 1. The summed E-state index contributed by atoms with van der Waals surface area (Å²) in [5, 5.41) is 9.63. The Kier molecular flexibility index (Phi) is 1.70. The summed E-state index contributed by atoms with van der Waals surface area (Å²) in [6.45, 7) is 2.53. The Balaban J connectivity index is 2.61. The van der Waals surface area contributed by atoms with E-state index in [1.54, 1.807) is 12.1 Å². The van der Waals surface area contributed by atoms with Crippen molar-refractivity contribution in [3.05, 3.63) is 23.8 Å². The first-order valence-electron chi connectivity index (χ1n) is 4.35. The van der Waals surface area contributed by atoms with Crippen molar-refractivity contribution in [3.8, 4) is 11.5 Å². The van der Waals surface area contributed by atoms with E-state index in [-0.39, 0.29) is 5.75 Å². The molecule has 1 aliphatic heterocycles. The van der Waals surface area contributed by atoms with E-state index in [4.69, 9.17) is 10.5 Å². The van der Waals surface area contributed by atoms with Gasteiger partial charge in [0.25, 0.3) is 0 Å². The molecule has 1 aromatic rings. The molecule has 0 radical (unpaired) electrons. The predicted molar refractivity (Wildman–Crippen MR) is 49.8 cm³/mol. The molecule has 0 amide bonds. The van der Waals surface area contributed by atoms with Crippen molar-refractivity contribution in [3.63, 3.8) is 0 Å². The number of hydrogen-bond acceptors (Lipinski definition) is 3. The highest BCUT2D eigenvalue weighted by atomic mass is 16.5. The van der Waals surface area contributed by atoms with Gasteiger partial charge in [-0.15, -0.1) is 0 Å². The van der Waals surface area contributed by atoms with Crippen LogP contribution in [0.4, 0.5) is 0 Å². The molecule has 0 bridgehead atoms. The van der Waals surface area contributed by atoms with Crippen LogP contribution in [0.3, 0.4) is 0 Å². The Morgan fingerprint density at radius 1 is 1.54 bits per heavy atom. The maximum absolute atomic E-state index is 9.63. The van der Waals surface area contributed by atoms with Crippen LogP contribution in [0.25, 0.3) is 0 Å². The maximum atomic E-state index is 9.63. The number of nitrogens with two attached hydrogens (primary N) is 1. The molecule has 70 valence electrons. The zero-order valence-electron chi connectivity index (χ0n) is 7.58. The van der Waals surface area contributed by atoms with E-state index in [9.17, 15) is 5.11 Å². The molecular formula is C10H13NO2. The standard InChI is InChI=1S/C10H13NO2/c1-10(11)5-6-13-8-4-2-3-7(12)9(8)10/h2-4,12H,5-6,11H2,1H3. The fourth-order valence-electron chi connectivity index (χ4n) is 1.71. The highest BCUT2D eigenvalue weighted by Gasteiger charge is 2.31. The van der Waals surface area contributed by atoms with Gasteiger partial charge in [-0.05, 0) is 19.1 Å². The Hall–Kier alpha value is -1.22. The molecule has 0 aliphatic carbocycles. The van der Waals surface area contributed by atoms with Crippen molar-refractivity contribution >= 4 is 0 Å². The van der Waals surface area contributed by atoms with Gasteiger partial charge in [0.15, 0.2) is 0 Å². The fourth-order valence-corrected chi connectivity index (χ4v) is 1.71. The number of rotatable bonds is 0.